The maximum Gasteiger partial charge on any atom is 0.252 e. The van der Waals surface area contributed by atoms with Crippen LogP contribution >= 0.6 is 0 Å². The van der Waals surface area contributed by atoms with Crippen LogP contribution in [-0.2, 0) is 0 Å². The number of hydrogen-bond donors (Lipinski definition) is 2. The van der Waals surface area contributed by atoms with Gasteiger partial charge in [0, 0.05) is 24.2 Å². The first-order valence-corrected chi connectivity index (χ1v) is 8.01. The van der Waals surface area contributed by atoms with Crippen molar-refractivity contribution >= 4 is 11.7 Å². The van der Waals surface area contributed by atoms with Crippen LogP contribution in [0.5, 0.6) is 0 Å². The van der Waals surface area contributed by atoms with Crippen molar-refractivity contribution in [3.05, 3.63) is 71.0 Å². The Labute approximate surface area is 141 Å². The first kappa shape index (κ1) is 17.8. The summed E-state index contributed by atoms with van der Waals surface area (Å²) in [5, 5.41) is 5.99. The second-order valence-electron chi connectivity index (χ2n) is 5.39. The van der Waals surface area contributed by atoms with E-state index in [4.69, 9.17) is 0 Å². The molecule has 0 spiro atoms. The van der Waals surface area contributed by atoms with E-state index in [1.54, 1.807) is 24.3 Å². The topological polar surface area (TPSA) is 58.2 Å². The lowest BCUT2D eigenvalue weighted by Crippen LogP contribution is -2.32. The molecule has 0 aliphatic rings. The summed E-state index contributed by atoms with van der Waals surface area (Å²) in [6.45, 7) is 4.13. The van der Waals surface area contributed by atoms with Gasteiger partial charge in [-0.25, -0.2) is 4.39 Å². The first-order valence-electron chi connectivity index (χ1n) is 8.01. The normalized spacial score (nSPS) is 10.4. The molecule has 2 aromatic carbocycles. The van der Waals surface area contributed by atoms with Crippen LogP contribution in [0.4, 0.5) is 4.39 Å². The van der Waals surface area contributed by atoms with Gasteiger partial charge in [-0.3, -0.25) is 9.59 Å². The van der Waals surface area contributed by atoms with Crippen molar-refractivity contribution in [3.8, 4) is 0 Å². The van der Waals surface area contributed by atoms with E-state index in [2.05, 4.69) is 17.6 Å². The van der Waals surface area contributed by atoms with Gasteiger partial charge in [-0.15, -0.1) is 0 Å². The standard InChI is InChI=1S/C19H21FN2O2/c1-2-11-21-12-13-22-19(24)17-6-4-3-5-16(17)18(23)14-7-9-15(20)10-8-14/h3-10,21H,2,11-13H2,1H3,(H,22,24). The van der Waals surface area contributed by atoms with Crippen molar-refractivity contribution in [1.82, 2.24) is 10.6 Å². The highest BCUT2D eigenvalue weighted by atomic mass is 19.1. The summed E-state index contributed by atoms with van der Waals surface area (Å²) in [5.74, 6) is -0.999. The Morgan fingerprint density at radius 1 is 0.917 bits per heavy atom. The predicted molar refractivity (Wildman–Crippen MR) is 91.8 cm³/mol. The molecule has 2 N–H and O–H groups in total. The van der Waals surface area contributed by atoms with Gasteiger partial charge in [0.2, 0.25) is 0 Å². The van der Waals surface area contributed by atoms with Crippen molar-refractivity contribution in [2.75, 3.05) is 19.6 Å². The van der Waals surface area contributed by atoms with Gasteiger partial charge in [0.1, 0.15) is 5.82 Å². The maximum atomic E-state index is 13.0. The number of carbonyl (C=O) groups excluding carboxylic acids is 2. The molecule has 0 aliphatic heterocycles. The van der Waals surface area contributed by atoms with Crippen LogP contribution in [0.2, 0.25) is 0 Å². The summed E-state index contributed by atoms with van der Waals surface area (Å²) >= 11 is 0. The molecular weight excluding hydrogens is 307 g/mol. The van der Waals surface area contributed by atoms with E-state index in [1.807, 2.05) is 0 Å². The van der Waals surface area contributed by atoms with Gasteiger partial charge < -0.3 is 10.6 Å². The number of nitrogens with one attached hydrogen (secondary N) is 2. The lowest BCUT2D eigenvalue weighted by Gasteiger charge is -2.10. The Kier molecular flexibility index (Phi) is 6.63. The highest BCUT2D eigenvalue weighted by Crippen LogP contribution is 2.15. The van der Waals surface area contributed by atoms with Crippen molar-refractivity contribution < 1.29 is 14.0 Å². The average molecular weight is 328 g/mol. The molecule has 0 bridgehead atoms. The van der Waals surface area contributed by atoms with E-state index in [0.717, 1.165) is 13.0 Å². The largest absolute Gasteiger partial charge is 0.351 e. The third-order valence-electron chi connectivity index (χ3n) is 3.54. The molecule has 0 fully saturated rings. The Bertz CT molecular complexity index is 699. The number of rotatable bonds is 8. The zero-order valence-electron chi connectivity index (χ0n) is 13.6. The van der Waals surface area contributed by atoms with Crippen LogP contribution in [0.15, 0.2) is 48.5 Å². The van der Waals surface area contributed by atoms with Gasteiger partial charge in [0.05, 0.1) is 5.56 Å². The van der Waals surface area contributed by atoms with E-state index in [1.165, 1.54) is 24.3 Å². The van der Waals surface area contributed by atoms with E-state index in [-0.39, 0.29) is 11.7 Å². The molecule has 0 radical (unpaired) electrons. The van der Waals surface area contributed by atoms with Crippen LogP contribution in [0.3, 0.4) is 0 Å². The van der Waals surface area contributed by atoms with Gasteiger partial charge in [-0.05, 0) is 43.3 Å². The smallest absolute Gasteiger partial charge is 0.252 e. The fourth-order valence-electron chi connectivity index (χ4n) is 2.30. The molecule has 0 aromatic heterocycles. The quantitative estimate of drug-likeness (QED) is 0.579. The number of ketones is 1. The number of amides is 1. The molecule has 0 unspecified atom stereocenters. The van der Waals surface area contributed by atoms with Crippen LogP contribution in [0.25, 0.3) is 0 Å². The third kappa shape index (κ3) is 4.73. The number of halogens is 1. The fourth-order valence-corrected chi connectivity index (χ4v) is 2.30. The van der Waals surface area contributed by atoms with E-state index >= 15 is 0 Å². The Morgan fingerprint density at radius 3 is 2.25 bits per heavy atom. The van der Waals surface area contributed by atoms with E-state index < -0.39 is 5.82 Å². The van der Waals surface area contributed by atoms with Crippen molar-refractivity contribution in [2.24, 2.45) is 0 Å². The summed E-state index contributed by atoms with van der Waals surface area (Å²) < 4.78 is 13.0. The zero-order valence-corrected chi connectivity index (χ0v) is 13.6. The molecule has 0 atom stereocenters. The Morgan fingerprint density at radius 2 is 1.58 bits per heavy atom. The molecule has 5 heteroatoms. The summed E-state index contributed by atoms with van der Waals surface area (Å²) in [7, 11) is 0. The van der Waals surface area contributed by atoms with Crippen LogP contribution in [0.1, 0.15) is 39.6 Å². The Hall–Kier alpha value is -2.53. The van der Waals surface area contributed by atoms with Crippen molar-refractivity contribution in [2.45, 2.75) is 13.3 Å². The maximum absolute atomic E-state index is 13.0. The monoisotopic (exact) mass is 328 g/mol. The predicted octanol–water partition coefficient (Wildman–Crippen LogP) is 2.79. The number of benzene rings is 2. The molecule has 0 aliphatic carbocycles. The molecule has 0 saturated heterocycles. The minimum atomic E-state index is -0.405. The lowest BCUT2D eigenvalue weighted by molar-refractivity contribution is 0.0942. The summed E-state index contributed by atoms with van der Waals surface area (Å²) in [6, 6.07) is 11.9. The minimum absolute atomic E-state index is 0.292. The molecule has 0 saturated carbocycles. The average Bonchev–Trinajstić information content (AvgIpc) is 2.61. The lowest BCUT2D eigenvalue weighted by atomic mass is 9.98. The van der Waals surface area contributed by atoms with E-state index in [9.17, 15) is 14.0 Å². The van der Waals surface area contributed by atoms with E-state index in [0.29, 0.717) is 29.8 Å². The van der Waals surface area contributed by atoms with Gasteiger partial charge in [-0.2, -0.15) is 0 Å². The van der Waals surface area contributed by atoms with Crippen molar-refractivity contribution in [1.29, 1.82) is 0 Å². The third-order valence-corrected chi connectivity index (χ3v) is 3.54. The summed E-state index contributed by atoms with van der Waals surface area (Å²) in [5.41, 5.74) is 0.978. The molecule has 24 heavy (non-hydrogen) atoms. The molecular formula is C19H21FN2O2. The highest BCUT2D eigenvalue weighted by molar-refractivity contribution is 6.15. The van der Waals surface area contributed by atoms with Gasteiger partial charge >= 0.3 is 0 Å². The number of hydrogen-bond acceptors (Lipinski definition) is 3. The van der Waals surface area contributed by atoms with Crippen LogP contribution in [-0.4, -0.2) is 31.3 Å². The SMILES string of the molecule is CCCNCCNC(=O)c1ccccc1C(=O)c1ccc(F)cc1. The second kappa shape index (κ2) is 8.93. The summed E-state index contributed by atoms with van der Waals surface area (Å²) in [6.07, 6.45) is 1.03. The molecule has 4 nitrogen and oxygen atoms in total. The first-order chi connectivity index (χ1) is 11.6. The van der Waals surface area contributed by atoms with Gasteiger partial charge in [0.15, 0.2) is 5.78 Å². The Balaban J connectivity index is 2.10. The van der Waals surface area contributed by atoms with Gasteiger partial charge in [-0.1, -0.05) is 25.1 Å². The van der Waals surface area contributed by atoms with Crippen LogP contribution in [0, 0.1) is 5.82 Å². The molecule has 1 amide bonds. The molecule has 0 heterocycles. The van der Waals surface area contributed by atoms with Crippen LogP contribution < -0.4 is 10.6 Å². The number of carbonyl (C=O) groups is 2. The minimum Gasteiger partial charge on any atom is -0.351 e. The fraction of sp³-hybridized carbons (Fsp3) is 0.263. The summed E-state index contributed by atoms with van der Waals surface area (Å²) in [4.78, 5) is 24.9. The van der Waals surface area contributed by atoms with Gasteiger partial charge in [0.25, 0.3) is 5.91 Å². The highest BCUT2D eigenvalue weighted by Gasteiger charge is 2.17. The zero-order chi connectivity index (χ0) is 17.4. The molecule has 2 aromatic rings. The molecule has 126 valence electrons. The van der Waals surface area contributed by atoms with Crippen molar-refractivity contribution in [3.63, 3.8) is 0 Å². The molecule has 2 rings (SSSR count). The second-order valence-corrected chi connectivity index (χ2v) is 5.39.